The van der Waals surface area contributed by atoms with E-state index in [4.69, 9.17) is 4.74 Å². The van der Waals surface area contributed by atoms with Crippen molar-refractivity contribution in [1.29, 1.82) is 0 Å². The van der Waals surface area contributed by atoms with Gasteiger partial charge in [0.05, 0.1) is 7.11 Å². The van der Waals surface area contributed by atoms with E-state index in [0.29, 0.717) is 11.9 Å². The molecule has 1 aliphatic rings. The smallest absolute Gasteiger partial charge is 0.257 e. The first-order valence-corrected chi connectivity index (χ1v) is 6.90. The zero-order chi connectivity index (χ0) is 13.8. The zero-order valence-electron chi connectivity index (χ0n) is 12.3. The third-order valence-corrected chi connectivity index (χ3v) is 4.18. The number of methoxy groups -OCH3 is 1. The maximum absolute atomic E-state index is 5.29. The molecule has 0 bridgehead atoms. The van der Waals surface area contributed by atoms with Gasteiger partial charge in [-0.25, -0.2) is 9.97 Å². The molecule has 0 spiro atoms. The van der Waals surface area contributed by atoms with E-state index < -0.39 is 0 Å². The van der Waals surface area contributed by atoms with Crippen LogP contribution in [0.4, 0.5) is 5.82 Å². The van der Waals surface area contributed by atoms with E-state index in [1.54, 1.807) is 19.5 Å². The SMILES string of the molecule is COc1nccnc1N1CCC([C@@H](C)N(C)C)CC1. The van der Waals surface area contributed by atoms with Gasteiger partial charge in [0.2, 0.25) is 0 Å². The highest BCUT2D eigenvalue weighted by atomic mass is 16.5. The van der Waals surface area contributed by atoms with Crippen LogP contribution in [0.15, 0.2) is 12.4 Å². The van der Waals surface area contributed by atoms with Gasteiger partial charge >= 0.3 is 0 Å². The number of rotatable bonds is 4. The summed E-state index contributed by atoms with van der Waals surface area (Å²) in [5.74, 6) is 2.26. The molecule has 1 aliphatic heterocycles. The van der Waals surface area contributed by atoms with Crippen LogP contribution in [-0.4, -0.2) is 55.2 Å². The predicted octanol–water partition coefficient (Wildman–Crippen LogP) is 1.65. The molecular formula is C14H24N4O. The molecule has 2 heterocycles. The van der Waals surface area contributed by atoms with E-state index >= 15 is 0 Å². The summed E-state index contributed by atoms with van der Waals surface area (Å²) in [4.78, 5) is 13.2. The molecule has 5 heteroatoms. The van der Waals surface area contributed by atoms with E-state index in [1.807, 2.05) is 0 Å². The summed E-state index contributed by atoms with van der Waals surface area (Å²) >= 11 is 0. The van der Waals surface area contributed by atoms with Gasteiger partial charge in [-0.3, -0.25) is 0 Å². The molecule has 1 aromatic rings. The molecule has 0 aromatic carbocycles. The lowest BCUT2D eigenvalue weighted by Gasteiger charge is -2.37. The Hall–Kier alpha value is -1.36. The summed E-state index contributed by atoms with van der Waals surface area (Å²) in [6.45, 7) is 4.36. The Morgan fingerprint density at radius 3 is 2.47 bits per heavy atom. The first-order chi connectivity index (χ1) is 9.13. The summed E-state index contributed by atoms with van der Waals surface area (Å²) < 4.78 is 5.29. The number of nitrogens with zero attached hydrogens (tertiary/aromatic N) is 4. The molecule has 0 N–H and O–H groups in total. The molecule has 19 heavy (non-hydrogen) atoms. The van der Waals surface area contributed by atoms with Crippen molar-refractivity contribution in [1.82, 2.24) is 14.9 Å². The number of anilines is 1. The Labute approximate surface area is 115 Å². The first kappa shape index (κ1) is 14.1. The van der Waals surface area contributed by atoms with Crippen LogP contribution in [0.3, 0.4) is 0 Å². The van der Waals surface area contributed by atoms with Crippen molar-refractivity contribution in [3.63, 3.8) is 0 Å². The molecule has 5 nitrogen and oxygen atoms in total. The van der Waals surface area contributed by atoms with E-state index in [-0.39, 0.29) is 0 Å². The minimum atomic E-state index is 0.626. The van der Waals surface area contributed by atoms with Gasteiger partial charge in [0, 0.05) is 31.5 Å². The number of hydrogen-bond acceptors (Lipinski definition) is 5. The van der Waals surface area contributed by atoms with Crippen LogP contribution < -0.4 is 9.64 Å². The van der Waals surface area contributed by atoms with Gasteiger partial charge in [0.15, 0.2) is 5.82 Å². The predicted molar refractivity (Wildman–Crippen MR) is 76.7 cm³/mol. The van der Waals surface area contributed by atoms with Gasteiger partial charge in [-0.2, -0.15) is 0 Å². The third-order valence-electron chi connectivity index (χ3n) is 4.18. The number of piperidine rings is 1. The number of aromatic nitrogens is 2. The molecule has 0 amide bonds. The Morgan fingerprint density at radius 2 is 1.89 bits per heavy atom. The van der Waals surface area contributed by atoms with Crippen LogP contribution in [-0.2, 0) is 0 Å². The Bertz CT molecular complexity index is 402. The van der Waals surface area contributed by atoms with Gasteiger partial charge in [-0.1, -0.05) is 0 Å². The minimum absolute atomic E-state index is 0.626. The van der Waals surface area contributed by atoms with Crippen LogP contribution in [0.2, 0.25) is 0 Å². The van der Waals surface area contributed by atoms with Gasteiger partial charge in [-0.05, 0) is 39.8 Å². The zero-order valence-corrected chi connectivity index (χ0v) is 12.3. The van der Waals surface area contributed by atoms with Crippen LogP contribution in [0.25, 0.3) is 0 Å². The molecule has 0 saturated carbocycles. The fraction of sp³-hybridized carbons (Fsp3) is 0.714. The quantitative estimate of drug-likeness (QED) is 0.827. The second-order valence-electron chi connectivity index (χ2n) is 5.42. The summed E-state index contributed by atoms with van der Waals surface area (Å²) in [6.07, 6.45) is 5.79. The second kappa shape index (κ2) is 6.19. The third kappa shape index (κ3) is 3.15. The van der Waals surface area contributed by atoms with Crippen molar-refractivity contribution < 1.29 is 4.74 Å². The number of ether oxygens (including phenoxy) is 1. The lowest BCUT2D eigenvalue weighted by atomic mass is 9.90. The minimum Gasteiger partial charge on any atom is -0.478 e. The molecule has 1 fully saturated rings. The molecule has 1 aromatic heterocycles. The molecular weight excluding hydrogens is 240 g/mol. The van der Waals surface area contributed by atoms with Crippen molar-refractivity contribution in [3.05, 3.63) is 12.4 Å². The average molecular weight is 264 g/mol. The van der Waals surface area contributed by atoms with Crippen molar-refractivity contribution in [3.8, 4) is 5.88 Å². The Kier molecular flexibility index (Phi) is 4.58. The fourth-order valence-corrected chi connectivity index (χ4v) is 2.69. The summed E-state index contributed by atoms with van der Waals surface area (Å²) in [6, 6.07) is 0.630. The molecule has 0 radical (unpaired) electrons. The standard InChI is InChI=1S/C14H24N4O/c1-11(17(2)3)12-5-9-18(10-6-12)13-14(19-4)16-8-7-15-13/h7-8,11-12H,5-6,9-10H2,1-4H3/t11-/m1/s1. The van der Waals surface area contributed by atoms with Crippen LogP contribution >= 0.6 is 0 Å². The van der Waals surface area contributed by atoms with E-state index in [9.17, 15) is 0 Å². The normalized spacial score (nSPS) is 18.7. The lowest BCUT2D eigenvalue weighted by molar-refractivity contribution is 0.198. The maximum atomic E-state index is 5.29. The van der Waals surface area contributed by atoms with Crippen molar-refractivity contribution in [2.24, 2.45) is 5.92 Å². The highest BCUT2D eigenvalue weighted by Gasteiger charge is 2.26. The van der Waals surface area contributed by atoms with E-state index in [2.05, 4.69) is 40.8 Å². The van der Waals surface area contributed by atoms with Crippen LogP contribution in [0, 0.1) is 5.92 Å². The average Bonchev–Trinajstić information content (AvgIpc) is 2.46. The second-order valence-corrected chi connectivity index (χ2v) is 5.42. The van der Waals surface area contributed by atoms with Crippen molar-refractivity contribution >= 4 is 5.82 Å². The summed E-state index contributed by atoms with van der Waals surface area (Å²) in [5, 5.41) is 0. The Morgan fingerprint density at radius 1 is 1.26 bits per heavy atom. The largest absolute Gasteiger partial charge is 0.478 e. The monoisotopic (exact) mass is 264 g/mol. The van der Waals surface area contributed by atoms with Crippen molar-refractivity contribution in [2.75, 3.05) is 39.2 Å². The lowest BCUT2D eigenvalue weighted by Crippen LogP contribution is -2.42. The van der Waals surface area contributed by atoms with Gasteiger partial charge in [-0.15, -0.1) is 0 Å². The Balaban J connectivity index is 2.00. The molecule has 0 aliphatic carbocycles. The molecule has 1 saturated heterocycles. The summed E-state index contributed by atoms with van der Waals surface area (Å²) in [7, 11) is 5.96. The highest BCUT2D eigenvalue weighted by molar-refractivity contribution is 5.48. The molecule has 2 rings (SSSR count). The van der Waals surface area contributed by atoms with Crippen LogP contribution in [0.5, 0.6) is 5.88 Å². The van der Waals surface area contributed by atoms with E-state index in [0.717, 1.165) is 24.8 Å². The fourth-order valence-electron chi connectivity index (χ4n) is 2.69. The first-order valence-electron chi connectivity index (χ1n) is 6.90. The molecule has 0 unspecified atom stereocenters. The maximum Gasteiger partial charge on any atom is 0.257 e. The van der Waals surface area contributed by atoms with Gasteiger partial charge < -0.3 is 14.5 Å². The van der Waals surface area contributed by atoms with Gasteiger partial charge in [0.1, 0.15) is 0 Å². The molecule has 106 valence electrons. The molecule has 1 atom stereocenters. The summed E-state index contributed by atoms with van der Waals surface area (Å²) in [5.41, 5.74) is 0. The van der Waals surface area contributed by atoms with E-state index in [1.165, 1.54) is 12.8 Å². The highest BCUT2D eigenvalue weighted by Crippen LogP contribution is 2.29. The van der Waals surface area contributed by atoms with Gasteiger partial charge in [0.25, 0.3) is 5.88 Å². The topological polar surface area (TPSA) is 41.5 Å². The van der Waals surface area contributed by atoms with Crippen LogP contribution in [0.1, 0.15) is 19.8 Å². The number of hydrogen-bond donors (Lipinski definition) is 0. The van der Waals surface area contributed by atoms with Crippen molar-refractivity contribution in [2.45, 2.75) is 25.8 Å².